The molecule has 2 rings (SSSR count). The van der Waals surface area contributed by atoms with Gasteiger partial charge in [-0.25, -0.2) is 8.42 Å². The molecule has 7 nitrogen and oxygen atoms in total. The van der Waals surface area contributed by atoms with Crippen LogP contribution in [0.3, 0.4) is 0 Å². The van der Waals surface area contributed by atoms with Crippen LogP contribution < -0.4 is 9.21 Å². The lowest BCUT2D eigenvalue weighted by Crippen LogP contribution is -2.44. The van der Waals surface area contributed by atoms with Crippen LogP contribution in [0.5, 0.6) is 0 Å². The van der Waals surface area contributed by atoms with E-state index in [0.717, 1.165) is 27.3 Å². The predicted molar refractivity (Wildman–Crippen MR) is 148 cm³/mol. The number of rotatable bonds is 10. The minimum Gasteiger partial charge on any atom is -0.378 e. The van der Waals surface area contributed by atoms with E-state index in [-0.39, 0.29) is 34.4 Å². The summed E-state index contributed by atoms with van der Waals surface area (Å²) < 4.78 is 28.8. The van der Waals surface area contributed by atoms with Crippen LogP contribution in [0.25, 0.3) is 0 Å². The highest BCUT2D eigenvalue weighted by molar-refractivity contribution is 8.16. The van der Waals surface area contributed by atoms with Crippen molar-refractivity contribution in [3.63, 3.8) is 0 Å². The first-order chi connectivity index (χ1) is 16.3. The summed E-state index contributed by atoms with van der Waals surface area (Å²) in [5.74, 6) is -0.382. The van der Waals surface area contributed by atoms with E-state index in [9.17, 15) is 13.2 Å². The zero-order chi connectivity index (χ0) is 26.4. The molecule has 0 aliphatic carbocycles. The molecule has 0 unspecified atom stereocenters. The number of carbonyl (C=O) groups excluding carboxylic acids is 1. The van der Waals surface area contributed by atoms with Crippen LogP contribution in [0.15, 0.2) is 65.4 Å². The number of likely N-dealkylation sites (N-methyl/N-ethyl adjacent to an activating group) is 1. The zero-order valence-electron chi connectivity index (χ0n) is 21.4. The molecule has 2 aromatic rings. The summed E-state index contributed by atoms with van der Waals surface area (Å²) in [5, 5.41) is 9.82. The van der Waals surface area contributed by atoms with Crippen molar-refractivity contribution in [3.05, 3.63) is 66.1 Å². The summed E-state index contributed by atoms with van der Waals surface area (Å²) in [4.78, 5) is 16.7. The second-order valence-electron chi connectivity index (χ2n) is 9.32. The smallest absolute Gasteiger partial charge is 0.264 e. The number of thioether (sulfide) groups is 1. The van der Waals surface area contributed by atoms with Crippen molar-refractivity contribution in [2.24, 2.45) is 0 Å². The van der Waals surface area contributed by atoms with Crippen LogP contribution >= 0.6 is 11.8 Å². The Hall–Kier alpha value is -2.78. The maximum absolute atomic E-state index is 13.8. The summed E-state index contributed by atoms with van der Waals surface area (Å²) >= 11 is 1.13. The second kappa shape index (κ2) is 11.8. The number of hydrogen-bond acceptors (Lipinski definition) is 6. The molecule has 1 N–H and O–H groups in total. The molecule has 0 fully saturated rings. The van der Waals surface area contributed by atoms with Crippen molar-refractivity contribution in [3.8, 4) is 0 Å². The van der Waals surface area contributed by atoms with Crippen molar-refractivity contribution in [1.82, 2.24) is 4.90 Å². The van der Waals surface area contributed by atoms with E-state index >= 15 is 0 Å². The summed E-state index contributed by atoms with van der Waals surface area (Å²) in [6.07, 6.45) is 0. The summed E-state index contributed by atoms with van der Waals surface area (Å²) in [6.45, 7) is 11.7. The Labute approximate surface area is 214 Å². The summed E-state index contributed by atoms with van der Waals surface area (Å²) in [5.41, 5.74) is 2.11. The quantitative estimate of drug-likeness (QED) is 0.357. The summed E-state index contributed by atoms with van der Waals surface area (Å²) in [6, 6.07) is 13.9. The first kappa shape index (κ1) is 28.5. The van der Waals surface area contributed by atoms with Crippen molar-refractivity contribution in [1.29, 1.82) is 5.41 Å². The minimum atomic E-state index is -4.04. The number of amides is 1. The third-order valence-corrected chi connectivity index (χ3v) is 7.88. The molecule has 0 spiro atoms. The number of sulfonamides is 1. The molecule has 9 heteroatoms. The Kier molecular flexibility index (Phi) is 9.57. The Bertz CT molecular complexity index is 1150. The molecule has 0 bridgehead atoms. The van der Waals surface area contributed by atoms with Gasteiger partial charge in [-0.05, 0) is 53.6 Å². The van der Waals surface area contributed by atoms with E-state index in [2.05, 4.69) is 27.4 Å². The number of nitrogens with one attached hydrogen (secondary N) is 1. The van der Waals surface area contributed by atoms with Gasteiger partial charge in [-0.3, -0.25) is 14.5 Å². The van der Waals surface area contributed by atoms with Crippen molar-refractivity contribution in [2.75, 3.05) is 42.9 Å². The monoisotopic (exact) mass is 516 g/mol. The van der Waals surface area contributed by atoms with Crippen LogP contribution in [0.2, 0.25) is 0 Å². The Balaban J connectivity index is 2.51. The molecular weight excluding hydrogens is 480 g/mol. The SMILES string of the molecule is C=CSC(=N)CN(CC)C(=O)CN(c1cccc(N(C)C)c1)S(=O)(=O)c1ccc(C(C)(C)C)cc1. The fourth-order valence-corrected chi connectivity index (χ4v) is 5.24. The highest BCUT2D eigenvalue weighted by Crippen LogP contribution is 2.29. The molecule has 0 aliphatic rings. The van der Waals surface area contributed by atoms with Gasteiger partial charge >= 0.3 is 0 Å². The van der Waals surface area contributed by atoms with Crippen LogP contribution in [-0.4, -0.2) is 58.0 Å². The average molecular weight is 517 g/mol. The van der Waals surface area contributed by atoms with E-state index in [1.54, 1.807) is 37.3 Å². The van der Waals surface area contributed by atoms with E-state index < -0.39 is 10.0 Å². The molecule has 2 aromatic carbocycles. The van der Waals surface area contributed by atoms with Crippen molar-refractivity contribution in [2.45, 2.75) is 38.0 Å². The number of nitrogens with zero attached hydrogens (tertiary/aromatic N) is 3. The molecule has 0 atom stereocenters. The Morgan fingerprint density at radius 1 is 1.06 bits per heavy atom. The summed E-state index contributed by atoms with van der Waals surface area (Å²) in [7, 11) is -0.300. The van der Waals surface area contributed by atoms with Gasteiger partial charge in [0.1, 0.15) is 6.54 Å². The molecule has 0 saturated carbocycles. The van der Waals surface area contributed by atoms with Crippen LogP contribution in [0.1, 0.15) is 33.3 Å². The maximum Gasteiger partial charge on any atom is 0.264 e. The normalized spacial score (nSPS) is 11.6. The molecule has 0 radical (unpaired) electrons. The fraction of sp³-hybridized carbons (Fsp3) is 0.385. The largest absolute Gasteiger partial charge is 0.378 e. The fourth-order valence-electron chi connectivity index (χ4n) is 3.41. The highest BCUT2D eigenvalue weighted by Gasteiger charge is 2.30. The van der Waals surface area contributed by atoms with E-state index in [1.165, 1.54) is 10.3 Å². The third-order valence-electron chi connectivity index (χ3n) is 5.52. The van der Waals surface area contributed by atoms with Gasteiger partial charge in [0.05, 0.1) is 22.2 Å². The molecule has 0 heterocycles. The number of anilines is 2. The van der Waals surface area contributed by atoms with Gasteiger partial charge in [0.15, 0.2) is 0 Å². The van der Waals surface area contributed by atoms with Crippen molar-refractivity contribution < 1.29 is 13.2 Å². The molecule has 0 saturated heterocycles. The lowest BCUT2D eigenvalue weighted by molar-refractivity contribution is -0.128. The molecule has 0 aliphatic heterocycles. The van der Waals surface area contributed by atoms with Gasteiger partial charge in [-0.2, -0.15) is 0 Å². The average Bonchev–Trinajstić information content (AvgIpc) is 2.80. The lowest BCUT2D eigenvalue weighted by atomic mass is 9.87. The molecule has 190 valence electrons. The Morgan fingerprint density at radius 3 is 2.17 bits per heavy atom. The van der Waals surface area contributed by atoms with E-state index in [1.807, 2.05) is 37.2 Å². The van der Waals surface area contributed by atoms with E-state index in [4.69, 9.17) is 5.41 Å². The van der Waals surface area contributed by atoms with Gasteiger partial charge in [0.2, 0.25) is 5.91 Å². The topological polar surface area (TPSA) is 84.8 Å². The van der Waals surface area contributed by atoms with Crippen LogP contribution in [-0.2, 0) is 20.2 Å². The number of hydrogen-bond donors (Lipinski definition) is 1. The zero-order valence-corrected chi connectivity index (χ0v) is 23.0. The van der Waals surface area contributed by atoms with Gasteiger partial charge in [0.25, 0.3) is 10.0 Å². The molecule has 35 heavy (non-hydrogen) atoms. The standard InChI is InChI=1S/C26H36N4O3S2/c1-8-29(18-24(27)34-9-2)25(31)19-30(22-12-10-11-21(17-22)28(6)7)35(32,33)23-15-13-20(14-16-23)26(3,4)5/h9-17,27H,2,8,18-19H2,1,3-7H3. The number of benzene rings is 2. The van der Waals surface area contributed by atoms with E-state index in [0.29, 0.717) is 12.2 Å². The first-order valence-corrected chi connectivity index (χ1v) is 13.7. The molecule has 0 aromatic heterocycles. The first-order valence-electron chi connectivity index (χ1n) is 11.3. The van der Waals surface area contributed by atoms with Gasteiger partial charge < -0.3 is 9.80 Å². The van der Waals surface area contributed by atoms with Crippen LogP contribution in [0, 0.1) is 5.41 Å². The highest BCUT2D eigenvalue weighted by atomic mass is 32.2. The maximum atomic E-state index is 13.8. The van der Waals surface area contributed by atoms with Gasteiger partial charge in [0, 0.05) is 26.3 Å². The van der Waals surface area contributed by atoms with Crippen molar-refractivity contribution >= 4 is 44.1 Å². The van der Waals surface area contributed by atoms with Crippen LogP contribution in [0.4, 0.5) is 11.4 Å². The molecular formula is C26H36N4O3S2. The second-order valence-corrected chi connectivity index (χ2v) is 12.2. The predicted octanol–water partition coefficient (Wildman–Crippen LogP) is 4.95. The minimum absolute atomic E-state index is 0.0952. The lowest BCUT2D eigenvalue weighted by Gasteiger charge is -2.29. The molecule has 1 amide bonds. The van der Waals surface area contributed by atoms with Gasteiger partial charge in [-0.1, -0.05) is 57.3 Å². The third kappa shape index (κ3) is 7.35. The Morgan fingerprint density at radius 2 is 1.66 bits per heavy atom. The van der Waals surface area contributed by atoms with Gasteiger partial charge in [-0.15, -0.1) is 0 Å². The number of carbonyl (C=O) groups is 1.